The average molecular weight is 487 g/mol. The fourth-order valence-electron chi connectivity index (χ4n) is 3.53. The summed E-state index contributed by atoms with van der Waals surface area (Å²) in [7, 11) is 0. The summed E-state index contributed by atoms with van der Waals surface area (Å²) in [4.78, 5) is 43.7. The number of carbonyl (C=O) groups excluding carboxylic acids is 2. The van der Waals surface area contributed by atoms with Gasteiger partial charge in [-0.15, -0.1) is 0 Å². The minimum absolute atomic E-state index is 0. The molecule has 0 aliphatic carbocycles. The van der Waals surface area contributed by atoms with Crippen molar-refractivity contribution in [3.05, 3.63) is 71.8 Å². The van der Waals surface area contributed by atoms with Gasteiger partial charge in [-0.25, -0.2) is 0 Å². The molecule has 1 heterocycles. The number of aliphatic carboxylic acids is 2. The monoisotopic (exact) mass is 486 g/mol. The molecule has 0 radical (unpaired) electrons. The van der Waals surface area contributed by atoms with Crippen molar-refractivity contribution in [1.82, 2.24) is 4.90 Å². The van der Waals surface area contributed by atoms with Crippen LogP contribution in [0.3, 0.4) is 0 Å². The summed E-state index contributed by atoms with van der Waals surface area (Å²) in [5.74, 6) is -2.98. The molecule has 1 aliphatic heterocycles. The second kappa shape index (κ2) is 17.1. The predicted octanol–water partition coefficient (Wildman–Crippen LogP) is 3.91. The highest BCUT2D eigenvalue weighted by molar-refractivity contribution is 6.02. The van der Waals surface area contributed by atoms with Crippen LogP contribution in [0.5, 0.6) is 0 Å². The highest BCUT2D eigenvalue weighted by Gasteiger charge is 2.29. The smallest absolute Gasteiger partial charge is 0.310 e. The number of Topliss-reactive ketones (excluding diaryl/α,β-unsaturated/α-hetero) is 2. The van der Waals surface area contributed by atoms with Crippen molar-refractivity contribution < 1.29 is 29.4 Å². The van der Waals surface area contributed by atoms with E-state index < -0.39 is 30.6 Å². The molecule has 4 N–H and O–H groups in total. The molecule has 1 saturated heterocycles. The number of hydrogen-bond donors (Lipinski definition) is 3. The van der Waals surface area contributed by atoms with Gasteiger partial charge in [0.15, 0.2) is 5.78 Å². The van der Waals surface area contributed by atoms with Crippen LogP contribution >= 0.6 is 0 Å². The molecule has 35 heavy (non-hydrogen) atoms. The minimum Gasteiger partial charge on any atom is -0.481 e. The molecule has 3 rings (SSSR count). The molecule has 8 heteroatoms. The van der Waals surface area contributed by atoms with E-state index in [1.165, 1.54) is 11.1 Å². The lowest BCUT2D eigenvalue weighted by atomic mass is 9.95. The number of benzene rings is 2. The third-order valence-corrected chi connectivity index (χ3v) is 5.16. The molecule has 0 amide bonds. The zero-order valence-electron chi connectivity index (χ0n) is 19.7. The first-order valence-electron chi connectivity index (χ1n) is 11.1. The van der Waals surface area contributed by atoms with Crippen molar-refractivity contribution in [2.45, 2.75) is 72.1 Å². The summed E-state index contributed by atoms with van der Waals surface area (Å²) in [6.07, 6.45) is -0.0209. The maximum Gasteiger partial charge on any atom is 0.310 e. The van der Waals surface area contributed by atoms with E-state index in [0.29, 0.717) is 37.3 Å². The predicted molar refractivity (Wildman–Crippen MR) is 136 cm³/mol. The summed E-state index contributed by atoms with van der Waals surface area (Å²) in [5.41, 5.74) is 7.87. The van der Waals surface area contributed by atoms with Gasteiger partial charge in [0.05, 0.1) is 0 Å². The van der Waals surface area contributed by atoms with Crippen LogP contribution < -0.4 is 5.73 Å². The van der Waals surface area contributed by atoms with Crippen molar-refractivity contribution in [2.24, 2.45) is 5.73 Å². The first-order valence-corrected chi connectivity index (χ1v) is 11.1. The fraction of sp³-hybridized carbons (Fsp3) is 0.407. The van der Waals surface area contributed by atoms with Crippen LogP contribution in [-0.4, -0.2) is 50.7 Å². The van der Waals surface area contributed by atoms with Crippen LogP contribution in [0, 0.1) is 0 Å². The van der Waals surface area contributed by atoms with Crippen LogP contribution in [0.15, 0.2) is 60.7 Å². The van der Waals surface area contributed by atoms with Gasteiger partial charge in [-0.2, -0.15) is 0 Å². The number of ketones is 2. The van der Waals surface area contributed by atoms with Crippen LogP contribution in [0.1, 0.15) is 58.1 Å². The number of likely N-dealkylation sites (tertiary alicyclic amines) is 1. The summed E-state index contributed by atoms with van der Waals surface area (Å²) in [6.45, 7) is 5.89. The van der Waals surface area contributed by atoms with Crippen molar-refractivity contribution in [3.63, 3.8) is 0 Å². The molecule has 1 fully saturated rings. The molecular formula is C27H38N2O6. The summed E-state index contributed by atoms with van der Waals surface area (Å²) in [5, 5.41) is 16.0. The second-order valence-electron chi connectivity index (χ2n) is 8.17. The molecule has 2 atom stereocenters. The Labute approximate surface area is 207 Å². The number of carboxylic acid groups (broad SMARTS) is 2. The maximum absolute atomic E-state index is 11.5. The van der Waals surface area contributed by atoms with E-state index in [9.17, 15) is 19.2 Å². The van der Waals surface area contributed by atoms with Crippen molar-refractivity contribution >= 4 is 23.5 Å². The largest absolute Gasteiger partial charge is 0.481 e. The summed E-state index contributed by atoms with van der Waals surface area (Å²) >= 11 is 0. The summed E-state index contributed by atoms with van der Waals surface area (Å²) < 4.78 is 0. The van der Waals surface area contributed by atoms with Gasteiger partial charge in [0.2, 0.25) is 0 Å². The molecule has 0 saturated carbocycles. The second-order valence-corrected chi connectivity index (χ2v) is 8.17. The molecule has 0 spiro atoms. The third-order valence-electron chi connectivity index (χ3n) is 5.16. The quantitative estimate of drug-likeness (QED) is 0.501. The number of rotatable bonds is 7. The molecule has 1 aliphatic rings. The Morgan fingerprint density at radius 2 is 1.23 bits per heavy atom. The van der Waals surface area contributed by atoms with E-state index in [1.54, 1.807) is 0 Å². The lowest BCUT2D eigenvalue weighted by Crippen LogP contribution is -2.46. The van der Waals surface area contributed by atoms with E-state index in [2.05, 4.69) is 43.0 Å². The highest BCUT2D eigenvalue weighted by atomic mass is 16.4. The number of nitrogens with zero attached hydrogens (tertiary/aromatic N) is 1. The molecule has 192 valence electrons. The third kappa shape index (κ3) is 13.8. The highest BCUT2D eigenvalue weighted by Crippen LogP contribution is 2.22. The molecule has 2 aromatic carbocycles. The SMILES string of the molecule is C.CC1CC(=O)CC(C)N1Cc1ccccc1.NCc1ccccc1.O=C(O)CC(=O)CC(=O)O. The lowest BCUT2D eigenvalue weighted by molar-refractivity contribution is -0.143. The Bertz CT molecular complexity index is 886. The minimum atomic E-state index is -1.30. The topological polar surface area (TPSA) is 138 Å². The number of carbonyl (C=O) groups is 4. The Hall–Kier alpha value is -3.36. The van der Waals surface area contributed by atoms with E-state index in [1.807, 2.05) is 36.4 Å². The van der Waals surface area contributed by atoms with Crippen LogP contribution in [0.4, 0.5) is 0 Å². The lowest BCUT2D eigenvalue weighted by Gasteiger charge is -2.38. The number of hydrogen-bond acceptors (Lipinski definition) is 6. The Morgan fingerprint density at radius 1 is 0.829 bits per heavy atom. The molecule has 2 unspecified atom stereocenters. The molecule has 8 nitrogen and oxygen atoms in total. The molecular weight excluding hydrogens is 448 g/mol. The maximum atomic E-state index is 11.5. The zero-order chi connectivity index (χ0) is 25.5. The first-order chi connectivity index (χ1) is 16.1. The number of piperidine rings is 1. The van der Waals surface area contributed by atoms with Gasteiger partial charge in [0, 0.05) is 38.0 Å². The number of nitrogens with two attached hydrogens (primary N) is 1. The van der Waals surface area contributed by atoms with Crippen molar-refractivity contribution in [2.75, 3.05) is 0 Å². The van der Waals surface area contributed by atoms with Gasteiger partial charge in [-0.05, 0) is 25.0 Å². The van der Waals surface area contributed by atoms with E-state index in [4.69, 9.17) is 15.9 Å². The Balaban J connectivity index is 0.000000527. The van der Waals surface area contributed by atoms with E-state index >= 15 is 0 Å². The Kier molecular flexibility index (Phi) is 15.5. The van der Waals surface area contributed by atoms with Gasteiger partial charge in [-0.3, -0.25) is 24.1 Å². The average Bonchev–Trinajstić information content (AvgIpc) is 2.77. The van der Waals surface area contributed by atoms with Gasteiger partial charge in [-0.1, -0.05) is 68.1 Å². The normalized spacial score (nSPS) is 16.9. The first kappa shape index (κ1) is 31.6. The molecule has 0 aromatic heterocycles. The van der Waals surface area contributed by atoms with Crippen molar-refractivity contribution in [1.29, 1.82) is 0 Å². The van der Waals surface area contributed by atoms with E-state index in [0.717, 1.165) is 6.54 Å². The standard InChI is InChI=1S/C14H19NO.C7H9N.C5H6O5.CH4/c1-11-8-14(16)9-12(2)15(11)10-13-6-4-3-5-7-13;8-6-7-4-2-1-3-5-7;6-3(1-4(7)8)2-5(9)10;/h3-7,11-12H,8-10H2,1-2H3;1-5H,6,8H2;1-2H2,(H,7,8)(H,9,10);1H4. The van der Waals surface area contributed by atoms with Gasteiger partial charge >= 0.3 is 11.9 Å². The van der Waals surface area contributed by atoms with E-state index in [-0.39, 0.29) is 7.43 Å². The number of carboxylic acids is 2. The van der Waals surface area contributed by atoms with Gasteiger partial charge in [0.1, 0.15) is 18.6 Å². The Morgan fingerprint density at radius 3 is 1.57 bits per heavy atom. The van der Waals surface area contributed by atoms with Crippen molar-refractivity contribution in [3.8, 4) is 0 Å². The van der Waals surface area contributed by atoms with Gasteiger partial charge in [0.25, 0.3) is 0 Å². The summed E-state index contributed by atoms with van der Waals surface area (Å²) in [6, 6.07) is 21.2. The van der Waals surface area contributed by atoms with Crippen LogP contribution in [-0.2, 0) is 32.3 Å². The zero-order valence-corrected chi connectivity index (χ0v) is 19.7. The molecule has 2 aromatic rings. The van der Waals surface area contributed by atoms with Crippen LogP contribution in [0.25, 0.3) is 0 Å². The van der Waals surface area contributed by atoms with Gasteiger partial charge < -0.3 is 15.9 Å². The van der Waals surface area contributed by atoms with Crippen LogP contribution in [0.2, 0.25) is 0 Å². The molecule has 0 bridgehead atoms. The fourth-order valence-corrected chi connectivity index (χ4v) is 3.53.